The summed E-state index contributed by atoms with van der Waals surface area (Å²) in [5.41, 5.74) is 1.83. The number of nitrogens with one attached hydrogen (secondary N) is 2. The Balaban J connectivity index is 1.67. The standard InChI is InChI=1S/C20H22N4O3/c1-3-26-16-9-5-14(6-10-16)13-18-19(25)22-20(24-23-18)21-15-7-11-17(12-8-15)27-4-2/h5-12H,3-4,13H2,1-2H3,(H2,21,22,24,25). The van der Waals surface area contributed by atoms with Crippen LogP contribution in [0.15, 0.2) is 53.3 Å². The monoisotopic (exact) mass is 366 g/mol. The second kappa shape index (κ2) is 8.84. The maximum Gasteiger partial charge on any atom is 0.274 e. The molecule has 0 aliphatic rings. The molecule has 0 aliphatic carbocycles. The van der Waals surface area contributed by atoms with Crippen molar-refractivity contribution in [3.05, 3.63) is 70.1 Å². The van der Waals surface area contributed by atoms with Gasteiger partial charge in [0.15, 0.2) is 0 Å². The van der Waals surface area contributed by atoms with E-state index in [1.807, 2.05) is 62.4 Å². The highest BCUT2D eigenvalue weighted by Gasteiger charge is 2.07. The minimum absolute atomic E-state index is 0.271. The fraction of sp³-hybridized carbons (Fsp3) is 0.250. The molecule has 2 N–H and O–H groups in total. The average molecular weight is 366 g/mol. The van der Waals surface area contributed by atoms with Crippen molar-refractivity contribution >= 4 is 11.6 Å². The van der Waals surface area contributed by atoms with Gasteiger partial charge in [-0.3, -0.25) is 9.78 Å². The molecule has 0 radical (unpaired) electrons. The van der Waals surface area contributed by atoms with Crippen molar-refractivity contribution in [2.45, 2.75) is 20.3 Å². The number of anilines is 2. The normalized spacial score (nSPS) is 10.4. The molecule has 140 valence electrons. The first-order valence-corrected chi connectivity index (χ1v) is 8.85. The van der Waals surface area contributed by atoms with Gasteiger partial charge in [0.1, 0.15) is 17.2 Å². The van der Waals surface area contributed by atoms with E-state index >= 15 is 0 Å². The molecule has 7 nitrogen and oxygen atoms in total. The molecule has 1 heterocycles. The van der Waals surface area contributed by atoms with Gasteiger partial charge in [-0.25, -0.2) is 0 Å². The van der Waals surface area contributed by atoms with Crippen molar-refractivity contribution in [3.63, 3.8) is 0 Å². The van der Waals surface area contributed by atoms with E-state index in [-0.39, 0.29) is 5.56 Å². The Kier molecular flexibility index (Phi) is 6.04. The summed E-state index contributed by atoms with van der Waals surface area (Å²) in [7, 11) is 0. The Bertz CT molecular complexity index is 921. The molecular weight excluding hydrogens is 344 g/mol. The zero-order chi connectivity index (χ0) is 19.1. The number of aromatic amines is 1. The van der Waals surface area contributed by atoms with Crippen LogP contribution >= 0.6 is 0 Å². The van der Waals surface area contributed by atoms with Crippen LogP contribution in [0.4, 0.5) is 11.6 Å². The summed E-state index contributed by atoms with van der Waals surface area (Å²) in [4.78, 5) is 15.0. The van der Waals surface area contributed by atoms with E-state index in [0.717, 1.165) is 22.7 Å². The van der Waals surface area contributed by atoms with Crippen LogP contribution in [0, 0.1) is 0 Å². The highest BCUT2D eigenvalue weighted by atomic mass is 16.5. The van der Waals surface area contributed by atoms with Crippen LogP contribution in [0.5, 0.6) is 11.5 Å². The highest BCUT2D eigenvalue weighted by molar-refractivity contribution is 5.54. The third-order valence-electron chi connectivity index (χ3n) is 3.80. The van der Waals surface area contributed by atoms with Crippen LogP contribution < -0.4 is 20.3 Å². The summed E-state index contributed by atoms with van der Waals surface area (Å²) in [5, 5.41) is 11.2. The number of ether oxygens (including phenoxy) is 2. The molecule has 1 aromatic heterocycles. The van der Waals surface area contributed by atoms with Crippen molar-refractivity contribution in [3.8, 4) is 11.5 Å². The van der Waals surface area contributed by atoms with E-state index in [0.29, 0.717) is 31.3 Å². The molecule has 0 bridgehead atoms. The second-order valence-electron chi connectivity index (χ2n) is 5.79. The number of hydrogen-bond donors (Lipinski definition) is 2. The van der Waals surface area contributed by atoms with E-state index in [9.17, 15) is 4.79 Å². The largest absolute Gasteiger partial charge is 0.494 e. The molecule has 0 amide bonds. The van der Waals surface area contributed by atoms with Crippen LogP contribution in [0.25, 0.3) is 0 Å². The first kappa shape index (κ1) is 18.4. The third kappa shape index (κ3) is 5.07. The van der Waals surface area contributed by atoms with E-state index < -0.39 is 0 Å². The quantitative estimate of drug-likeness (QED) is 0.636. The summed E-state index contributed by atoms with van der Waals surface area (Å²) >= 11 is 0. The molecule has 0 unspecified atom stereocenters. The van der Waals surface area contributed by atoms with E-state index in [4.69, 9.17) is 9.47 Å². The van der Waals surface area contributed by atoms with Gasteiger partial charge in [0, 0.05) is 12.1 Å². The fourth-order valence-corrected chi connectivity index (χ4v) is 2.53. The van der Waals surface area contributed by atoms with E-state index in [2.05, 4.69) is 20.5 Å². The second-order valence-corrected chi connectivity index (χ2v) is 5.79. The van der Waals surface area contributed by atoms with Gasteiger partial charge in [-0.1, -0.05) is 12.1 Å². The van der Waals surface area contributed by atoms with Gasteiger partial charge < -0.3 is 14.8 Å². The Morgan fingerprint density at radius 3 is 2.04 bits per heavy atom. The Morgan fingerprint density at radius 1 is 0.889 bits per heavy atom. The number of benzene rings is 2. The summed E-state index contributed by atoms with van der Waals surface area (Å²) < 4.78 is 10.8. The summed E-state index contributed by atoms with van der Waals surface area (Å²) in [5.74, 6) is 1.88. The predicted molar refractivity (Wildman–Crippen MR) is 104 cm³/mol. The lowest BCUT2D eigenvalue weighted by molar-refractivity contribution is 0.340. The minimum Gasteiger partial charge on any atom is -0.494 e. The molecule has 7 heteroatoms. The van der Waals surface area contributed by atoms with Crippen molar-refractivity contribution in [2.75, 3.05) is 18.5 Å². The zero-order valence-electron chi connectivity index (χ0n) is 15.4. The van der Waals surface area contributed by atoms with Gasteiger partial charge in [-0.05, 0) is 55.8 Å². The van der Waals surface area contributed by atoms with Crippen molar-refractivity contribution in [2.24, 2.45) is 0 Å². The van der Waals surface area contributed by atoms with Crippen molar-refractivity contribution in [1.82, 2.24) is 15.2 Å². The Morgan fingerprint density at radius 2 is 1.48 bits per heavy atom. The molecule has 27 heavy (non-hydrogen) atoms. The lowest BCUT2D eigenvalue weighted by atomic mass is 10.1. The first-order valence-electron chi connectivity index (χ1n) is 8.85. The van der Waals surface area contributed by atoms with Gasteiger partial charge in [0.2, 0.25) is 5.95 Å². The summed E-state index contributed by atoms with van der Waals surface area (Å²) in [6.45, 7) is 5.10. The van der Waals surface area contributed by atoms with E-state index in [1.165, 1.54) is 0 Å². The maximum atomic E-state index is 12.3. The third-order valence-corrected chi connectivity index (χ3v) is 3.80. The highest BCUT2D eigenvalue weighted by Crippen LogP contribution is 2.18. The van der Waals surface area contributed by atoms with Gasteiger partial charge in [0.05, 0.1) is 13.2 Å². The van der Waals surface area contributed by atoms with Gasteiger partial charge in [-0.15, -0.1) is 10.2 Å². The van der Waals surface area contributed by atoms with Crippen LogP contribution in [-0.4, -0.2) is 28.4 Å². The van der Waals surface area contributed by atoms with Crippen molar-refractivity contribution < 1.29 is 9.47 Å². The number of H-pyrrole nitrogens is 1. The lowest BCUT2D eigenvalue weighted by Gasteiger charge is -2.07. The predicted octanol–water partition coefficient (Wildman–Crippen LogP) is 3.30. The molecule has 0 saturated carbocycles. The van der Waals surface area contributed by atoms with Crippen molar-refractivity contribution in [1.29, 1.82) is 0 Å². The molecule has 0 atom stereocenters. The molecule has 2 aromatic carbocycles. The molecule has 0 saturated heterocycles. The average Bonchev–Trinajstić information content (AvgIpc) is 2.67. The summed E-state index contributed by atoms with van der Waals surface area (Å²) in [6.07, 6.45) is 0.401. The number of hydrogen-bond acceptors (Lipinski definition) is 6. The zero-order valence-corrected chi connectivity index (χ0v) is 15.4. The SMILES string of the molecule is CCOc1ccc(Cc2nnc(Nc3ccc(OCC)cc3)[nH]c2=O)cc1. The van der Waals surface area contributed by atoms with Gasteiger partial charge >= 0.3 is 0 Å². The molecule has 0 spiro atoms. The van der Waals surface area contributed by atoms with Crippen LogP contribution in [0.2, 0.25) is 0 Å². The van der Waals surface area contributed by atoms with E-state index in [1.54, 1.807) is 0 Å². The first-order chi connectivity index (χ1) is 13.2. The fourth-order valence-electron chi connectivity index (χ4n) is 2.53. The topological polar surface area (TPSA) is 89.1 Å². The van der Waals surface area contributed by atoms with Gasteiger partial charge in [-0.2, -0.15) is 0 Å². The summed E-state index contributed by atoms with van der Waals surface area (Å²) in [6, 6.07) is 15.0. The molecular formula is C20H22N4O3. The molecule has 3 rings (SSSR count). The van der Waals surface area contributed by atoms with Crippen LogP contribution in [0.3, 0.4) is 0 Å². The number of rotatable bonds is 8. The van der Waals surface area contributed by atoms with Crippen LogP contribution in [-0.2, 0) is 6.42 Å². The van der Waals surface area contributed by atoms with Gasteiger partial charge in [0.25, 0.3) is 5.56 Å². The Hall–Kier alpha value is -3.35. The maximum absolute atomic E-state index is 12.3. The lowest BCUT2D eigenvalue weighted by Crippen LogP contribution is -2.18. The minimum atomic E-state index is -0.271. The number of aromatic nitrogens is 3. The Labute approximate surface area is 157 Å². The smallest absolute Gasteiger partial charge is 0.274 e. The molecule has 0 aliphatic heterocycles. The molecule has 3 aromatic rings. The number of nitrogens with zero attached hydrogens (tertiary/aromatic N) is 2. The van der Waals surface area contributed by atoms with Crippen LogP contribution in [0.1, 0.15) is 25.1 Å². The molecule has 0 fully saturated rings.